The van der Waals surface area contributed by atoms with E-state index in [2.05, 4.69) is 17.2 Å². The summed E-state index contributed by atoms with van der Waals surface area (Å²) in [5.74, 6) is 0.176. The minimum atomic E-state index is 0.176. The number of thiazole rings is 1. The summed E-state index contributed by atoms with van der Waals surface area (Å²) >= 11 is 1.58. The molecule has 1 saturated heterocycles. The number of aromatic nitrogens is 1. The first-order valence-electron chi connectivity index (χ1n) is 7.09. The molecule has 1 amide bonds. The number of hydrogen-bond acceptors (Lipinski definition) is 4. The summed E-state index contributed by atoms with van der Waals surface area (Å²) in [5, 5.41) is 4.27. The highest BCUT2D eigenvalue weighted by atomic mass is 32.1. The fourth-order valence-electron chi connectivity index (χ4n) is 2.65. The number of carbonyl (C=O) groups is 1. The second kappa shape index (κ2) is 6.48. The van der Waals surface area contributed by atoms with Gasteiger partial charge in [0.25, 0.3) is 5.91 Å². The lowest BCUT2D eigenvalue weighted by molar-refractivity contribution is 0.0741. The van der Waals surface area contributed by atoms with Crippen LogP contribution >= 0.6 is 11.3 Å². The Morgan fingerprint density at radius 3 is 3.05 bits per heavy atom. The van der Waals surface area contributed by atoms with Gasteiger partial charge in [-0.1, -0.05) is 6.92 Å². The third-order valence-electron chi connectivity index (χ3n) is 3.58. The van der Waals surface area contributed by atoms with Gasteiger partial charge in [-0.3, -0.25) is 4.79 Å². The van der Waals surface area contributed by atoms with E-state index in [4.69, 9.17) is 0 Å². The Labute approximate surface area is 119 Å². The molecule has 0 radical (unpaired) electrons. The molecule has 1 fully saturated rings. The SMILES string of the molecule is CCCc1nc(C)c(C(=O)N2CCCC2CNC)s1. The second-order valence-corrected chi connectivity index (χ2v) is 6.21. The summed E-state index contributed by atoms with van der Waals surface area (Å²) in [7, 11) is 1.94. The first-order valence-corrected chi connectivity index (χ1v) is 7.90. The lowest BCUT2D eigenvalue weighted by Crippen LogP contribution is -2.40. The van der Waals surface area contributed by atoms with E-state index in [9.17, 15) is 4.79 Å². The van der Waals surface area contributed by atoms with Crippen LogP contribution in [-0.2, 0) is 6.42 Å². The van der Waals surface area contributed by atoms with Gasteiger partial charge in [-0.05, 0) is 39.7 Å². The molecule has 19 heavy (non-hydrogen) atoms. The highest BCUT2D eigenvalue weighted by Gasteiger charge is 2.30. The molecule has 1 atom stereocenters. The molecule has 0 saturated carbocycles. The minimum absolute atomic E-state index is 0.176. The van der Waals surface area contributed by atoms with E-state index in [1.54, 1.807) is 11.3 Å². The number of amides is 1. The number of rotatable bonds is 5. The first-order chi connectivity index (χ1) is 9.17. The molecule has 4 nitrogen and oxygen atoms in total. The predicted molar refractivity (Wildman–Crippen MR) is 78.8 cm³/mol. The number of likely N-dealkylation sites (tertiary alicyclic amines) is 1. The van der Waals surface area contributed by atoms with Gasteiger partial charge in [-0.15, -0.1) is 11.3 Å². The van der Waals surface area contributed by atoms with Crippen LogP contribution in [0, 0.1) is 6.92 Å². The van der Waals surface area contributed by atoms with Gasteiger partial charge in [0.2, 0.25) is 0 Å². The van der Waals surface area contributed by atoms with Crippen LogP contribution in [-0.4, -0.2) is 42.0 Å². The van der Waals surface area contributed by atoms with Gasteiger partial charge in [0.15, 0.2) is 0 Å². The molecule has 1 aromatic rings. The van der Waals surface area contributed by atoms with Crippen LogP contribution in [0.1, 0.15) is 46.6 Å². The molecular weight excluding hydrogens is 258 g/mol. The number of likely N-dealkylation sites (N-methyl/N-ethyl adjacent to an activating group) is 1. The Morgan fingerprint density at radius 1 is 1.58 bits per heavy atom. The Bertz CT molecular complexity index is 444. The van der Waals surface area contributed by atoms with Crippen LogP contribution in [0.3, 0.4) is 0 Å². The fraction of sp³-hybridized carbons (Fsp3) is 0.714. The molecule has 106 valence electrons. The van der Waals surface area contributed by atoms with Crippen molar-refractivity contribution in [3.63, 3.8) is 0 Å². The Balaban J connectivity index is 2.14. The summed E-state index contributed by atoms with van der Waals surface area (Å²) in [6.07, 6.45) is 4.26. The van der Waals surface area contributed by atoms with Crippen molar-refractivity contribution in [2.24, 2.45) is 0 Å². The summed E-state index contributed by atoms with van der Waals surface area (Å²) in [6.45, 7) is 5.85. The fourth-order valence-corrected chi connectivity index (χ4v) is 3.78. The van der Waals surface area contributed by atoms with E-state index in [0.29, 0.717) is 6.04 Å². The molecule has 0 spiro atoms. The summed E-state index contributed by atoms with van der Waals surface area (Å²) in [6, 6.07) is 0.341. The molecule has 1 N–H and O–H groups in total. The molecule has 5 heteroatoms. The monoisotopic (exact) mass is 281 g/mol. The van der Waals surface area contributed by atoms with Crippen molar-refractivity contribution in [3.05, 3.63) is 15.6 Å². The van der Waals surface area contributed by atoms with E-state index < -0.39 is 0 Å². The van der Waals surface area contributed by atoms with Crippen LogP contribution in [0.15, 0.2) is 0 Å². The van der Waals surface area contributed by atoms with Crippen molar-refractivity contribution in [3.8, 4) is 0 Å². The van der Waals surface area contributed by atoms with Gasteiger partial charge in [0.05, 0.1) is 10.7 Å². The summed E-state index contributed by atoms with van der Waals surface area (Å²) in [5.41, 5.74) is 0.897. The van der Waals surface area contributed by atoms with Gasteiger partial charge in [-0.25, -0.2) is 4.98 Å². The first kappa shape index (κ1) is 14.5. The highest BCUT2D eigenvalue weighted by Crippen LogP contribution is 2.25. The smallest absolute Gasteiger partial charge is 0.266 e. The predicted octanol–water partition coefficient (Wildman–Crippen LogP) is 2.23. The lowest BCUT2D eigenvalue weighted by atomic mass is 10.2. The Hall–Kier alpha value is -0.940. The van der Waals surface area contributed by atoms with Crippen molar-refractivity contribution < 1.29 is 4.79 Å². The number of hydrogen-bond donors (Lipinski definition) is 1. The Morgan fingerprint density at radius 2 is 2.37 bits per heavy atom. The molecule has 1 aliphatic rings. The van der Waals surface area contributed by atoms with Crippen molar-refractivity contribution in [2.45, 2.75) is 45.6 Å². The topological polar surface area (TPSA) is 45.2 Å². The minimum Gasteiger partial charge on any atom is -0.334 e. The number of nitrogens with one attached hydrogen (secondary N) is 1. The van der Waals surface area contributed by atoms with Crippen LogP contribution in [0.25, 0.3) is 0 Å². The Kier molecular flexibility index (Phi) is 4.93. The standard InChI is InChI=1S/C14H23N3OS/c1-4-6-12-16-10(2)13(19-12)14(18)17-8-5-7-11(17)9-15-3/h11,15H,4-9H2,1-3H3. The average Bonchev–Trinajstić information content (AvgIpc) is 2.97. The summed E-state index contributed by atoms with van der Waals surface area (Å²) in [4.78, 5) is 20.0. The maximum absolute atomic E-state index is 12.6. The van der Waals surface area contributed by atoms with Crippen molar-refractivity contribution >= 4 is 17.2 Å². The van der Waals surface area contributed by atoms with Gasteiger partial charge >= 0.3 is 0 Å². The number of carbonyl (C=O) groups excluding carboxylic acids is 1. The maximum Gasteiger partial charge on any atom is 0.266 e. The normalized spacial score (nSPS) is 19.1. The van der Waals surface area contributed by atoms with Crippen molar-refractivity contribution in [1.82, 2.24) is 15.2 Å². The molecule has 1 aromatic heterocycles. The van der Waals surface area contributed by atoms with E-state index in [1.165, 1.54) is 0 Å². The average molecular weight is 281 g/mol. The second-order valence-electron chi connectivity index (χ2n) is 5.12. The molecule has 2 rings (SSSR count). The molecule has 2 heterocycles. The van der Waals surface area contributed by atoms with Gasteiger partial charge < -0.3 is 10.2 Å². The van der Waals surface area contributed by atoms with E-state index in [1.807, 2.05) is 18.9 Å². The van der Waals surface area contributed by atoms with Crippen LogP contribution in [0.2, 0.25) is 0 Å². The zero-order chi connectivity index (χ0) is 13.8. The summed E-state index contributed by atoms with van der Waals surface area (Å²) < 4.78 is 0. The third kappa shape index (κ3) is 3.15. The molecule has 0 bridgehead atoms. The van der Waals surface area contributed by atoms with E-state index in [0.717, 1.165) is 54.4 Å². The number of aryl methyl sites for hydroxylation is 2. The largest absolute Gasteiger partial charge is 0.334 e. The zero-order valence-electron chi connectivity index (χ0n) is 12.0. The van der Waals surface area contributed by atoms with Crippen molar-refractivity contribution in [1.29, 1.82) is 0 Å². The molecular formula is C14H23N3OS. The van der Waals surface area contributed by atoms with Gasteiger partial charge in [-0.2, -0.15) is 0 Å². The molecule has 1 unspecified atom stereocenters. The van der Waals surface area contributed by atoms with Crippen LogP contribution < -0.4 is 5.32 Å². The number of nitrogens with zero attached hydrogens (tertiary/aromatic N) is 2. The zero-order valence-corrected chi connectivity index (χ0v) is 12.8. The van der Waals surface area contributed by atoms with Crippen molar-refractivity contribution in [2.75, 3.05) is 20.1 Å². The van der Waals surface area contributed by atoms with Crippen LogP contribution in [0.4, 0.5) is 0 Å². The molecule has 0 aromatic carbocycles. The van der Waals surface area contributed by atoms with E-state index in [-0.39, 0.29) is 5.91 Å². The highest BCUT2D eigenvalue weighted by molar-refractivity contribution is 7.13. The quantitative estimate of drug-likeness (QED) is 0.900. The van der Waals surface area contributed by atoms with E-state index >= 15 is 0 Å². The van der Waals surface area contributed by atoms with Gasteiger partial charge in [0.1, 0.15) is 4.88 Å². The van der Waals surface area contributed by atoms with Crippen LogP contribution in [0.5, 0.6) is 0 Å². The lowest BCUT2D eigenvalue weighted by Gasteiger charge is -2.24. The molecule has 0 aliphatic carbocycles. The third-order valence-corrected chi connectivity index (χ3v) is 4.78. The van der Waals surface area contributed by atoms with Gasteiger partial charge in [0, 0.05) is 19.1 Å². The molecule has 1 aliphatic heterocycles. The maximum atomic E-state index is 12.6.